The minimum atomic E-state index is -0.759. The molecule has 12 nitrogen and oxygen atoms in total. The number of ether oxygens (including phenoxy) is 3. The van der Waals surface area contributed by atoms with Crippen LogP contribution in [-0.2, 0) is 39.8 Å². The van der Waals surface area contributed by atoms with Crippen LogP contribution < -0.4 is 16.0 Å². The van der Waals surface area contributed by atoms with E-state index < -0.39 is 42.3 Å². The zero-order valence-corrected chi connectivity index (χ0v) is 33.2. The molecule has 1 saturated heterocycles. The molecule has 0 saturated carbocycles. The number of carbonyl (C=O) groups is 4. The van der Waals surface area contributed by atoms with E-state index >= 15 is 0 Å². The van der Waals surface area contributed by atoms with Crippen molar-refractivity contribution < 1.29 is 33.4 Å². The van der Waals surface area contributed by atoms with Crippen molar-refractivity contribution in [2.75, 3.05) is 48.5 Å². The molecule has 1 fully saturated rings. The van der Waals surface area contributed by atoms with Gasteiger partial charge < -0.3 is 40.0 Å². The van der Waals surface area contributed by atoms with E-state index in [2.05, 4.69) is 16.0 Å². The van der Waals surface area contributed by atoms with E-state index in [1.54, 1.807) is 45.2 Å². The van der Waals surface area contributed by atoms with E-state index in [0.717, 1.165) is 12.0 Å². The number of likely N-dealkylation sites (N-methyl/N-ethyl adjacent to an activating group) is 2. The van der Waals surface area contributed by atoms with Crippen LogP contribution in [0.15, 0.2) is 30.3 Å². The molecule has 290 valence electrons. The Labute approximate surface area is 307 Å². The average molecular weight is 718 g/mol. The number of hydrogen-bond acceptors (Lipinski definition) is 8. The van der Waals surface area contributed by atoms with Gasteiger partial charge in [0.25, 0.3) is 0 Å². The summed E-state index contributed by atoms with van der Waals surface area (Å²) in [5.41, 5.74) is 1.14. The molecular formula is C39H67N5O7. The zero-order chi connectivity index (χ0) is 38.4. The monoisotopic (exact) mass is 718 g/mol. The minimum absolute atomic E-state index is 0.0119. The third kappa shape index (κ3) is 12.0. The molecule has 3 N–H and O–H groups in total. The normalized spacial score (nSPS) is 20.3. The topological polar surface area (TPSA) is 139 Å². The van der Waals surface area contributed by atoms with E-state index in [0.29, 0.717) is 25.9 Å². The lowest BCUT2D eigenvalue weighted by atomic mass is 9.89. The second kappa shape index (κ2) is 21.5. The third-order valence-corrected chi connectivity index (χ3v) is 10.6. The van der Waals surface area contributed by atoms with Crippen molar-refractivity contribution in [3.63, 3.8) is 0 Å². The van der Waals surface area contributed by atoms with Crippen molar-refractivity contribution in [3.8, 4) is 0 Å². The van der Waals surface area contributed by atoms with Gasteiger partial charge in [0.1, 0.15) is 6.04 Å². The van der Waals surface area contributed by atoms with E-state index in [-0.39, 0.29) is 53.9 Å². The van der Waals surface area contributed by atoms with Gasteiger partial charge in [-0.25, -0.2) is 0 Å². The van der Waals surface area contributed by atoms with Gasteiger partial charge in [-0.3, -0.25) is 19.2 Å². The predicted octanol–water partition coefficient (Wildman–Crippen LogP) is 3.28. The highest BCUT2D eigenvalue weighted by atomic mass is 16.5. The second-order valence-electron chi connectivity index (χ2n) is 14.8. The molecule has 9 atom stereocenters. The first-order valence-electron chi connectivity index (χ1n) is 18.6. The SMILES string of the molecule is CCC(C)C(C(CC(=O)N1CC(OC)CC1[C@H](OC)[C@@H](C)C(=O)NCCc1ccccc1)OC)N(C)C(=O)[C@@H](NC(=O)[C@@H](NC)C(C)C)C(C)C. The van der Waals surface area contributed by atoms with Gasteiger partial charge in [0, 0.05) is 41.5 Å². The van der Waals surface area contributed by atoms with Gasteiger partial charge >= 0.3 is 0 Å². The molecule has 1 aliphatic rings. The Balaban J connectivity index is 2.28. The minimum Gasteiger partial charge on any atom is -0.380 e. The maximum absolute atomic E-state index is 14.3. The molecule has 5 unspecified atom stereocenters. The quantitative estimate of drug-likeness (QED) is 0.176. The summed E-state index contributed by atoms with van der Waals surface area (Å²) in [6, 6.07) is 7.92. The number of benzene rings is 1. The van der Waals surface area contributed by atoms with Gasteiger partial charge in [-0.15, -0.1) is 0 Å². The maximum atomic E-state index is 14.3. The number of methoxy groups -OCH3 is 3. The lowest BCUT2D eigenvalue weighted by Crippen LogP contribution is -2.59. The standard InChI is InChI=1S/C39H67N5O7/c1-13-26(6)35(43(9)39(48)34(25(4)5)42-38(47)33(40-8)24(2)3)31(50-11)22-32(45)44-23-29(49-10)21-30(44)36(51-12)27(7)37(46)41-20-19-28-17-15-14-16-18-28/h14-18,24-27,29-31,33-36,40H,13,19-23H2,1-12H3,(H,41,46)(H,42,47)/t26?,27-,29?,30?,31?,33+,34+,35?,36-/m1/s1. The molecule has 1 heterocycles. The van der Waals surface area contributed by atoms with E-state index in [4.69, 9.17) is 14.2 Å². The van der Waals surface area contributed by atoms with Crippen LogP contribution >= 0.6 is 0 Å². The van der Waals surface area contributed by atoms with E-state index in [1.807, 2.05) is 78.8 Å². The van der Waals surface area contributed by atoms with Crippen LogP contribution in [0.25, 0.3) is 0 Å². The van der Waals surface area contributed by atoms with Gasteiger partial charge in [-0.1, -0.05) is 85.2 Å². The number of nitrogens with zero attached hydrogens (tertiary/aromatic N) is 2. The molecule has 1 aromatic carbocycles. The van der Waals surface area contributed by atoms with Crippen molar-refractivity contribution in [1.29, 1.82) is 0 Å². The first kappa shape index (κ1) is 44.1. The first-order valence-corrected chi connectivity index (χ1v) is 18.6. The summed E-state index contributed by atoms with van der Waals surface area (Å²) in [6.07, 6.45) is 0.567. The fourth-order valence-corrected chi connectivity index (χ4v) is 7.34. The summed E-state index contributed by atoms with van der Waals surface area (Å²) in [5, 5.41) is 9.08. The molecule has 2 rings (SSSR count). The van der Waals surface area contributed by atoms with Crippen LogP contribution in [0.5, 0.6) is 0 Å². The van der Waals surface area contributed by atoms with Crippen LogP contribution in [0, 0.1) is 23.7 Å². The highest BCUT2D eigenvalue weighted by Crippen LogP contribution is 2.30. The molecule has 1 aromatic rings. The van der Waals surface area contributed by atoms with Crippen molar-refractivity contribution in [3.05, 3.63) is 35.9 Å². The number of amides is 4. The highest BCUT2D eigenvalue weighted by molar-refractivity contribution is 5.90. The first-order chi connectivity index (χ1) is 24.2. The Hall–Kier alpha value is -3.06. The van der Waals surface area contributed by atoms with Crippen LogP contribution in [0.3, 0.4) is 0 Å². The van der Waals surface area contributed by atoms with Crippen LogP contribution in [0.4, 0.5) is 0 Å². The fourth-order valence-electron chi connectivity index (χ4n) is 7.34. The van der Waals surface area contributed by atoms with Crippen LogP contribution in [-0.4, -0.2) is 124 Å². The van der Waals surface area contributed by atoms with Crippen LogP contribution in [0.2, 0.25) is 0 Å². The molecule has 12 heteroatoms. The van der Waals surface area contributed by atoms with E-state index in [1.165, 1.54) is 0 Å². The molecule has 0 aliphatic carbocycles. The Kier molecular flexibility index (Phi) is 18.6. The Morgan fingerprint density at radius 3 is 2.06 bits per heavy atom. The van der Waals surface area contributed by atoms with Gasteiger partial charge in [-0.05, 0) is 43.2 Å². The van der Waals surface area contributed by atoms with E-state index in [9.17, 15) is 19.2 Å². The highest BCUT2D eigenvalue weighted by Gasteiger charge is 2.45. The zero-order valence-electron chi connectivity index (χ0n) is 33.2. The molecular weight excluding hydrogens is 650 g/mol. The summed E-state index contributed by atoms with van der Waals surface area (Å²) in [4.78, 5) is 58.4. The summed E-state index contributed by atoms with van der Waals surface area (Å²) < 4.78 is 17.7. The van der Waals surface area contributed by atoms with Crippen LogP contribution in [0.1, 0.15) is 73.3 Å². The Morgan fingerprint density at radius 2 is 1.55 bits per heavy atom. The molecule has 0 bridgehead atoms. The van der Waals surface area contributed by atoms with Crippen molar-refractivity contribution in [2.45, 2.75) is 117 Å². The molecule has 4 amide bonds. The lowest BCUT2D eigenvalue weighted by Gasteiger charge is -2.41. The molecule has 1 aliphatic heterocycles. The predicted molar refractivity (Wildman–Crippen MR) is 200 cm³/mol. The average Bonchev–Trinajstić information content (AvgIpc) is 3.54. The molecule has 51 heavy (non-hydrogen) atoms. The van der Waals surface area contributed by atoms with Crippen molar-refractivity contribution in [1.82, 2.24) is 25.8 Å². The van der Waals surface area contributed by atoms with Gasteiger partial charge in [0.05, 0.1) is 48.8 Å². The van der Waals surface area contributed by atoms with Crippen molar-refractivity contribution in [2.24, 2.45) is 23.7 Å². The summed E-state index contributed by atoms with van der Waals surface area (Å²) in [6.45, 7) is 14.5. The summed E-state index contributed by atoms with van der Waals surface area (Å²) in [5.74, 6) is -1.46. The largest absolute Gasteiger partial charge is 0.380 e. The summed E-state index contributed by atoms with van der Waals surface area (Å²) >= 11 is 0. The molecule has 0 radical (unpaired) electrons. The number of likely N-dealkylation sites (tertiary alicyclic amines) is 1. The smallest absolute Gasteiger partial charge is 0.245 e. The second-order valence-corrected chi connectivity index (χ2v) is 14.8. The Bertz CT molecular complexity index is 1230. The maximum Gasteiger partial charge on any atom is 0.245 e. The number of nitrogens with one attached hydrogen (secondary N) is 3. The fraction of sp³-hybridized carbons (Fsp3) is 0.744. The van der Waals surface area contributed by atoms with Gasteiger partial charge in [0.15, 0.2) is 0 Å². The van der Waals surface area contributed by atoms with Gasteiger partial charge in [-0.2, -0.15) is 0 Å². The Morgan fingerprint density at radius 1 is 0.922 bits per heavy atom. The third-order valence-electron chi connectivity index (χ3n) is 10.6. The summed E-state index contributed by atoms with van der Waals surface area (Å²) in [7, 11) is 8.22. The van der Waals surface area contributed by atoms with Crippen molar-refractivity contribution >= 4 is 23.6 Å². The molecule has 0 spiro atoms. The number of carbonyl (C=O) groups excluding carboxylic acids is 4. The molecule has 0 aromatic heterocycles. The number of rotatable bonds is 21. The lowest BCUT2D eigenvalue weighted by molar-refractivity contribution is -0.147. The van der Waals surface area contributed by atoms with Gasteiger partial charge in [0.2, 0.25) is 23.6 Å². The number of hydrogen-bond donors (Lipinski definition) is 3.